The van der Waals surface area contributed by atoms with Crippen LogP contribution < -0.4 is 0 Å². The van der Waals surface area contributed by atoms with Gasteiger partial charge in [0.15, 0.2) is 5.78 Å². The average molecular weight is 238 g/mol. The van der Waals surface area contributed by atoms with Gasteiger partial charge in [-0.05, 0) is 25.5 Å². The first-order valence-electron chi connectivity index (χ1n) is 5.95. The monoisotopic (exact) mass is 238 g/mol. The van der Waals surface area contributed by atoms with Crippen LogP contribution in [0.15, 0.2) is 12.4 Å². The molecule has 4 heteroatoms. The maximum absolute atomic E-state index is 12.1. The third-order valence-corrected chi connectivity index (χ3v) is 4.44. The number of imidazole rings is 1. The van der Waals surface area contributed by atoms with Crippen LogP contribution in [-0.2, 0) is 17.8 Å². The molecule has 1 aliphatic heterocycles. The van der Waals surface area contributed by atoms with Gasteiger partial charge in [0, 0.05) is 18.9 Å². The molecule has 0 aromatic carbocycles. The van der Waals surface area contributed by atoms with Gasteiger partial charge >= 0.3 is 0 Å². The van der Waals surface area contributed by atoms with Crippen LogP contribution in [0, 0.1) is 0 Å². The number of hydrogen-bond donors (Lipinski definition) is 0. The van der Waals surface area contributed by atoms with Crippen LogP contribution in [0.2, 0.25) is 0 Å². The van der Waals surface area contributed by atoms with Gasteiger partial charge in [0.1, 0.15) is 5.82 Å². The van der Waals surface area contributed by atoms with Gasteiger partial charge in [-0.1, -0.05) is 6.42 Å². The van der Waals surface area contributed by atoms with Crippen molar-refractivity contribution in [3.8, 4) is 0 Å². The van der Waals surface area contributed by atoms with Gasteiger partial charge in [0.2, 0.25) is 0 Å². The van der Waals surface area contributed by atoms with E-state index in [1.165, 1.54) is 12.8 Å². The lowest BCUT2D eigenvalue weighted by atomic mass is 10.1. The normalized spacial score (nSPS) is 20.9. The van der Waals surface area contributed by atoms with Gasteiger partial charge in [-0.25, -0.2) is 4.98 Å². The van der Waals surface area contributed by atoms with E-state index in [1.807, 2.05) is 22.5 Å². The first-order valence-corrected chi connectivity index (χ1v) is 7.00. The molecule has 3 nitrogen and oxygen atoms in total. The lowest BCUT2D eigenvalue weighted by molar-refractivity contribution is -0.118. The fourth-order valence-corrected chi connectivity index (χ4v) is 3.32. The standard InChI is InChI=1S/C12H18N2OS/c1-2-14-7-6-13-12(14)9-10(15)11-5-3-4-8-16-11/h6-7,11H,2-5,8-9H2,1H3. The molecule has 1 aromatic rings. The number of aryl methyl sites for hydroxylation is 1. The molecule has 0 bridgehead atoms. The summed E-state index contributed by atoms with van der Waals surface area (Å²) in [5.74, 6) is 2.41. The Bertz CT molecular complexity index is 356. The molecule has 2 rings (SSSR count). The highest BCUT2D eigenvalue weighted by atomic mass is 32.2. The molecule has 1 aromatic heterocycles. The second-order valence-corrected chi connectivity index (χ2v) is 5.44. The van der Waals surface area contributed by atoms with Gasteiger partial charge in [0.05, 0.1) is 11.7 Å². The third kappa shape index (κ3) is 2.67. The summed E-state index contributed by atoms with van der Waals surface area (Å²) >= 11 is 1.82. The molecule has 0 aliphatic carbocycles. The molecule has 0 spiro atoms. The SMILES string of the molecule is CCn1ccnc1CC(=O)C1CCCCS1. The van der Waals surface area contributed by atoms with Gasteiger partial charge in [-0.15, -0.1) is 0 Å². The molecule has 2 heterocycles. The lowest BCUT2D eigenvalue weighted by Crippen LogP contribution is -2.24. The molecular weight excluding hydrogens is 220 g/mol. The molecule has 88 valence electrons. The minimum atomic E-state index is 0.218. The first kappa shape index (κ1) is 11.7. The zero-order chi connectivity index (χ0) is 11.4. The second kappa shape index (κ2) is 5.53. The number of carbonyl (C=O) groups is 1. The Morgan fingerprint density at radius 3 is 3.19 bits per heavy atom. The van der Waals surface area contributed by atoms with Crippen molar-refractivity contribution in [3.05, 3.63) is 18.2 Å². The highest BCUT2D eigenvalue weighted by Gasteiger charge is 2.22. The second-order valence-electron chi connectivity index (χ2n) is 4.13. The number of aromatic nitrogens is 2. The van der Waals surface area contributed by atoms with Gasteiger partial charge in [-0.3, -0.25) is 4.79 Å². The van der Waals surface area contributed by atoms with E-state index >= 15 is 0 Å². The number of nitrogens with zero attached hydrogens (tertiary/aromatic N) is 2. The molecule has 1 atom stereocenters. The minimum absolute atomic E-state index is 0.218. The van der Waals surface area contributed by atoms with Crippen molar-refractivity contribution in [2.45, 2.75) is 44.4 Å². The Balaban J connectivity index is 1.95. The Labute approximate surface area is 101 Å². The molecule has 0 saturated carbocycles. The predicted octanol–water partition coefficient (Wildman–Crippen LogP) is 2.30. The van der Waals surface area contributed by atoms with Gasteiger partial charge in [0.25, 0.3) is 0 Å². The fraction of sp³-hybridized carbons (Fsp3) is 0.667. The van der Waals surface area contributed by atoms with Crippen LogP contribution in [-0.4, -0.2) is 26.3 Å². The summed E-state index contributed by atoms with van der Waals surface area (Å²) in [5, 5.41) is 0.218. The van der Waals surface area contributed by atoms with E-state index < -0.39 is 0 Å². The molecular formula is C12H18N2OS. The number of thioether (sulfide) groups is 1. The highest BCUT2D eigenvalue weighted by molar-refractivity contribution is 8.00. The van der Waals surface area contributed by atoms with E-state index in [0.717, 1.165) is 24.5 Å². The number of ketones is 1. The quantitative estimate of drug-likeness (QED) is 0.807. The molecule has 1 unspecified atom stereocenters. The number of rotatable bonds is 4. The van der Waals surface area contributed by atoms with E-state index in [1.54, 1.807) is 6.20 Å². The highest BCUT2D eigenvalue weighted by Crippen LogP contribution is 2.26. The lowest BCUT2D eigenvalue weighted by Gasteiger charge is -2.19. The average Bonchev–Trinajstić information content (AvgIpc) is 2.77. The largest absolute Gasteiger partial charge is 0.335 e. The van der Waals surface area contributed by atoms with E-state index in [9.17, 15) is 4.79 Å². The van der Waals surface area contributed by atoms with Crippen LogP contribution in [0.4, 0.5) is 0 Å². The van der Waals surface area contributed by atoms with Crippen molar-refractivity contribution < 1.29 is 4.79 Å². The summed E-state index contributed by atoms with van der Waals surface area (Å²) < 4.78 is 2.05. The maximum atomic E-state index is 12.1. The minimum Gasteiger partial charge on any atom is -0.335 e. The maximum Gasteiger partial charge on any atom is 0.153 e. The van der Waals surface area contributed by atoms with E-state index in [0.29, 0.717) is 12.2 Å². The molecule has 0 radical (unpaired) electrons. The van der Waals surface area contributed by atoms with Crippen LogP contribution in [0.3, 0.4) is 0 Å². The zero-order valence-electron chi connectivity index (χ0n) is 9.69. The number of hydrogen-bond acceptors (Lipinski definition) is 3. The van der Waals surface area contributed by atoms with Crippen LogP contribution in [0.5, 0.6) is 0 Å². The van der Waals surface area contributed by atoms with Crippen molar-refractivity contribution in [2.24, 2.45) is 0 Å². The molecule has 0 amide bonds. The fourth-order valence-electron chi connectivity index (χ4n) is 2.06. The van der Waals surface area contributed by atoms with Crippen LogP contribution in [0.1, 0.15) is 32.0 Å². The predicted molar refractivity (Wildman–Crippen MR) is 66.7 cm³/mol. The number of carbonyl (C=O) groups excluding carboxylic acids is 1. The molecule has 0 N–H and O–H groups in total. The Kier molecular flexibility index (Phi) is 4.04. The summed E-state index contributed by atoms with van der Waals surface area (Å²) in [4.78, 5) is 16.3. The first-order chi connectivity index (χ1) is 7.81. The molecule has 1 saturated heterocycles. The van der Waals surface area contributed by atoms with Crippen molar-refractivity contribution in [1.29, 1.82) is 0 Å². The van der Waals surface area contributed by atoms with Crippen molar-refractivity contribution in [1.82, 2.24) is 9.55 Å². The van der Waals surface area contributed by atoms with Gasteiger partial charge in [-0.2, -0.15) is 11.8 Å². The molecule has 16 heavy (non-hydrogen) atoms. The topological polar surface area (TPSA) is 34.9 Å². The summed E-state index contributed by atoms with van der Waals surface area (Å²) in [6.45, 7) is 2.96. The van der Waals surface area contributed by atoms with Crippen molar-refractivity contribution in [2.75, 3.05) is 5.75 Å². The Hall–Kier alpha value is -0.770. The van der Waals surface area contributed by atoms with Crippen molar-refractivity contribution >= 4 is 17.5 Å². The summed E-state index contributed by atoms with van der Waals surface area (Å²) in [6.07, 6.45) is 7.73. The number of Topliss-reactive ketones (excluding diaryl/α,β-unsaturated/α-hetero) is 1. The van der Waals surface area contributed by atoms with E-state index in [2.05, 4.69) is 11.9 Å². The van der Waals surface area contributed by atoms with E-state index in [-0.39, 0.29) is 5.25 Å². The summed E-state index contributed by atoms with van der Waals surface area (Å²) in [5.41, 5.74) is 0. The summed E-state index contributed by atoms with van der Waals surface area (Å²) in [6, 6.07) is 0. The van der Waals surface area contributed by atoms with Crippen molar-refractivity contribution in [3.63, 3.8) is 0 Å². The van der Waals surface area contributed by atoms with E-state index in [4.69, 9.17) is 0 Å². The molecule has 1 aliphatic rings. The van der Waals surface area contributed by atoms with Crippen LogP contribution in [0.25, 0.3) is 0 Å². The van der Waals surface area contributed by atoms with Gasteiger partial charge < -0.3 is 4.57 Å². The third-order valence-electron chi connectivity index (χ3n) is 3.01. The zero-order valence-corrected chi connectivity index (χ0v) is 10.5. The molecule has 1 fully saturated rings. The smallest absolute Gasteiger partial charge is 0.153 e. The Morgan fingerprint density at radius 1 is 1.62 bits per heavy atom. The summed E-state index contributed by atoms with van der Waals surface area (Å²) in [7, 11) is 0. The Morgan fingerprint density at radius 2 is 2.50 bits per heavy atom. The van der Waals surface area contributed by atoms with Crippen LogP contribution >= 0.6 is 11.8 Å².